The third-order valence-corrected chi connectivity index (χ3v) is 3.31. The van der Waals surface area contributed by atoms with E-state index in [4.69, 9.17) is 5.84 Å². The standard InChI is InChI=1S/C13H21N3/c1-11-8-15(9-12(2)16(11)14)10-13-6-4-3-5-7-13/h3-7,11-12H,8-10,14H2,1-2H3/t11-,12-/m0/s1. The minimum atomic E-state index is 0.437. The SMILES string of the molecule is C[C@H]1CN(Cc2ccccc2)C[C@H](C)N1N. The molecule has 1 aromatic carbocycles. The number of benzene rings is 1. The van der Waals surface area contributed by atoms with Crippen LogP contribution in [0.15, 0.2) is 30.3 Å². The first-order valence-electron chi connectivity index (χ1n) is 5.96. The number of nitrogens with zero attached hydrogens (tertiary/aromatic N) is 2. The van der Waals surface area contributed by atoms with Gasteiger partial charge in [0.2, 0.25) is 0 Å². The molecule has 88 valence electrons. The van der Waals surface area contributed by atoms with Crippen LogP contribution in [-0.4, -0.2) is 35.1 Å². The maximum atomic E-state index is 5.98. The van der Waals surface area contributed by atoms with Crippen LogP contribution in [0.4, 0.5) is 0 Å². The van der Waals surface area contributed by atoms with Crippen LogP contribution in [0, 0.1) is 0 Å². The highest BCUT2D eigenvalue weighted by Gasteiger charge is 2.26. The lowest BCUT2D eigenvalue weighted by molar-refractivity contribution is 0.0347. The first kappa shape index (κ1) is 11.6. The van der Waals surface area contributed by atoms with Crippen LogP contribution in [0.25, 0.3) is 0 Å². The van der Waals surface area contributed by atoms with Crippen LogP contribution in [0.1, 0.15) is 19.4 Å². The first-order chi connectivity index (χ1) is 7.66. The molecule has 1 saturated heterocycles. The molecule has 3 heteroatoms. The third-order valence-electron chi connectivity index (χ3n) is 3.31. The molecule has 0 saturated carbocycles. The van der Waals surface area contributed by atoms with E-state index in [2.05, 4.69) is 49.1 Å². The molecule has 3 nitrogen and oxygen atoms in total. The van der Waals surface area contributed by atoms with Crippen molar-refractivity contribution in [2.45, 2.75) is 32.5 Å². The summed E-state index contributed by atoms with van der Waals surface area (Å²) in [6.07, 6.45) is 0. The topological polar surface area (TPSA) is 32.5 Å². The Morgan fingerprint density at radius 2 is 1.69 bits per heavy atom. The van der Waals surface area contributed by atoms with E-state index in [-0.39, 0.29) is 0 Å². The lowest BCUT2D eigenvalue weighted by Crippen LogP contribution is -2.59. The zero-order valence-corrected chi connectivity index (χ0v) is 10.1. The highest BCUT2D eigenvalue weighted by Crippen LogP contribution is 2.14. The van der Waals surface area contributed by atoms with E-state index < -0.39 is 0 Å². The summed E-state index contributed by atoms with van der Waals surface area (Å²) in [5.41, 5.74) is 1.38. The molecular formula is C13H21N3. The van der Waals surface area contributed by atoms with Crippen LogP contribution in [0.2, 0.25) is 0 Å². The molecule has 0 radical (unpaired) electrons. The lowest BCUT2D eigenvalue weighted by atomic mass is 10.1. The molecule has 16 heavy (non-hydrogen) atoms. The van der Waals surface area contributed by atoms with E-state index in [0.29, 0.717) is 12.1 Å². The van der Waals surface area contributed by atoms with E-state index in [0.717, 1.165) is 19.6 Å². The van der Waals surface area contributed by atoms with E-state index in [9.17, 15) is 0 Å². The van der Waals surface area contributed by atoms with Crippen molar-refractivity contribution in [1.82, 2.24) is 9.91 Å². The summed E-state index contributed by atoms with van der Waals surface area (Å²) in [6, 6.07) is 11.5. The normalized spacial score (nSPS) is 28.2. The fourth-order valence-electron chi connectivity index (χ4n) is 2.42. The second-order valence-electron chi connectivity index (χ2n) is 4.82. The highest BCUT2D eigenvalue weighted by molar-refractivity contribution is 5.14. The Bertz CT molecular complexity index is 313. The summed E-state index contributed by atoms with van der Waals surface area (Å²) in [5, 5.41) is 1.97. The number of nitrogens with two attached hydrogens (primary N) is 1. The van der Waals surface area contributed by atoms with E-state index in [1.165, 1.54) is 5.56 Å². The van der Waals surface area contributed by atoms with Gasteiger partial charge in [0.1, 0.15) is 0 Å². The zero-order valence-electron chi connectivity index (χ0n) is 10.1. The molecule has 0 bridgehead atoms. The average molecular weight is 219 g/mol. The summed E-state index contributed by atoms with van der Waals surface area (Å²) >= 11 is 0. The predicted octanol–water partition coefficient (Wildman–Crippen LogP) is 1.45. The number of hydrogen-bond acceptors (Lipinski definition) is 3. The number of hydrazine groups is 1. The lowest BCUT2D eigenvalue weighted by Gasteiger charge is -2.41. The fourth-order valence-corrected chi connectivity index (χ4v) is 2.42. The predicted molar refractivity (Wildman–Crippen MR) is 66.7 cm³/mol. The van der Waals surface area contributed by atoms with Crippen LogP contribution in [0.5, 0.6) is 0 Å². The van der Waals surface area contributed by atoms with Gasteiger partial charge in [0, 0.05) is 31.7 Å². The van der Waals surface area contributed by atoms with Crippen molar-refractivity contribution >= 4 is 0 Å². The molecule has 2 rings (SSSR count). The van der Waals surface area contributed by atoms with E-state index in [1.54, 1.807) is 0 Å². The summed E-state index contributed by atoms with van der Waals surface area (Å²) in [5.74, 6) is 5.98. The maximum absolute atomic E-state index is 5.98. The van der Waals surface area contributed by atoms with Gasteiger partial charge in [-0.3, -0.25) is 10.7 Å². The highest BCUT2D eigenvalue weighted by atomic mass is 15.5. The average Bonchev–Trinajstić information content (AvgIpc) is 2.27. The Kier molecular flexibility index (Phi) is 3.59. The minimum Gasteiger partial charge on any atom is -0.296 e. The molecule has 1 aliphatic rings. The third kappa shape index (κ3) is 2.61. The van der Waals surface area contributed by atoms with Crippen LogP contribution in [0.3, 0.4) is 0 Å². The molecule has 2 N–H and O–H groups in total. The van der Waals surface area contributed by atoms with Gasteiger partial charge in [0.05, 0.1) is 0 Å². The first-order valence-corrected chi connectivity index (χ1v) is 5.96. The monoisotopic (exact) mass is 219 g/mol. The van der Waals surface area contributed by atoms with Gasteiger partial charge in [-0.2, -0.15) is 0 Å². The second kappa shape index (κ2) is 4.95. The van der Waals surface area contributed by atoms with E-state index in [1.807, 2.05) is 5.01 Å². The molecule has 1 heterocycles. The van der Waals surface area contributed by atoms with Crippen molar-refractivity contribution in [3.05, 3.63) is 35.9 Å². The Hall–Kier alpha value is -0.900. The molecule has 0 aliphatic carbocycles. The Morgan fingerprint density at radius 1 is 1.12 bits per heavy atom. The smallest absolute Gasteiger partial charge is 0.0343 e. The van der Waals surface area contributed by atoms with E-state index >= 15 is 0 Å². The van der Waals surface area contributed by atoms with Crippen molar-refractivity contribution in [1.29, 1.82) is 0 Å². The molecular weight excluding hydrogens is 198 g/mol. The Labute approximate surface area is 97.8 Å². The summed E-state index contributed by atoms with van der Waals surface area (Å²) < 4.78 is 0. The van der Waals surface area contributed by atoms with Crippen molar-refractivity contribution in [3.8, 4) is 0 Å². The quantitative estimate of drug-likeness (QED) is 0.764. The fraction of sp³-hybridized carbons (Fsp3) is 0.538. The van der Waals surface area contributed by atoms with Gasteiger partial charge < -0.3 is 0 Å². The van der Waals surface area contributed by atoms with Gasteiger partial charge in [0.15, 0.2) is 0 Å². The molecule has 0 aromatic heterocycles. The summed E-state index contributed by atoms with van der Waals surface area (Å²) in [6.45, 7) is 7.51. The largest absolute Gasteiger partial charge is 0.296 e. The van der Waals surface area contributed by atoms with Crippen molar-refractivity contribution < 1.29 is 0 Å². The van der Waals surface area contributed by atoms with Gasteiger partial charge >= 0.3 is 0 Å². The maximum Gasteiger partial charge on any atom is 0.0343 e. The number of hydrogen-bond donors (Lipinski definition) is 1. The molecule has 1 aliphatic heterocycles. The van der Waals surface area contributed by atoms with Crippen molar-refractivity contribution in [2.24, 2.45) is 5.84 Å². The second-order valence-corrected chi connectivity index (χ2v) is 4.82. The van der Waals surface area contributed by atoms with Gasteiger partial charge in [0.25, 0.3) is 0 Å². The van der Waals surface area contributed by atoms with Gasteiger partial charge in [-0.15, -0.1) is 0 Å². The van der Waals surface area contributed by atoms with Gasteiger partial charge in [-0.25, -0.2) is 5.01 Å². The number of piperazine rings is 1. The minimum absolute atomic E-state index is 0.437. The molecule has 0 spiro atoms. The molecule has 0 amide bonds. The van der Waals surface area contributed by atoms with Gasteiger partial charge in [-0.05, 0) is 19.4 Å². The molecule has 2 atom stereocenters. The molecule has 0 unspecified atom stereocenters. The molecule has 1 fully saturated rings. The van der Waals surface area contributed by atoms with Crippen LogP contribution < -0.4 is 5.84 Å². The number of rotatable bonds is 2. The van der Waals surface area contributed by atoms with Crippen molar-refractivity contribution in [2.75, 3.05) is 13.1 Å². The Morgan fingerprint density at radius 3 is 2.25 bits per heavy atom. The molecule has 1 aromatic rings. The van der Waals surface area contributed by atoms with Gasteiger partial charge in [-0.1, -0.05) is 30.3 Å². The Balaban J connectivity index is 1.97. The zero-order chi connectivity index (χ0) is 11.5. The van der Waals surface area contributed by atoms with Crippen LogP contribution >= 0.6 is 0 Å². The summed E-state index contributed by atoms with van der Waals surface area (Å²) in [7, 11) is 0. The van der Waals surface area contributed by atoms with Crippen molar-refractivity contribution in [3.63, 3.8) is 0 Å². The van der Waals surface area contributed by atoms with Crippen LogP contribution in [-0.2, 0) is 6.54 Å². The summed E-state index contributed by atoms with van der Waals surface area (Å²) in [4.78, 5) is 2.48.